The molecule has 0 aromatic heterocycles. The van der Waals surface area contributed by atoms with Gasteiger partial charge in [0.25, 0.3) is 0 Å². The van der Waals surface area contributed by atoms with Gasteiger partial charge in [0.1, 0.15) is 5.60 Å². The molecule has 3 aliphatic rings. The Morgan fingerprint density at radius 1 is 1.13 bits per heavy atom. The molecule has 7 heteroatoms. The Labute approximate surface area is 180 Å². The number of rotatable bonds is 5. The van der Waals surface area contributed by atoms with Crippen molar-refractivity contribution in [1.29, 1.82) is 0 Å². The molecule has 2 aromatic carbocycles. The maximum Gasteiger partial charge on any atom is 0.234 e. The van der Waals surface area contributed by atoms with Crippen LogP contribution >= 0.6 is 0 Å². The van der Waals surface area contributed by atoms with E-state index < -0.39 is 17.4 Å². The lowest BCUT2D eigenvalue weighted by Crippen LogP contribution is -2.43. The Balaban J connectivity index is 1.34. The molecule has 2 saturated heterocycles. The number of hydrogen-bond donors (Lipinski definition) is 2. The summed E-state index contributed by atoms with van der Waals surface area (Å²) in [7, 11) is 0. The van der Waals surface area contributed by atoms with E-state index in [0.29, 0.717) is 24.5 Å². The largest absolute Gasteiger partial charge is 0.360 e. The number of amides is 3. The fourth-order valence-corrected chi connectivity index (χ4v) is 4.85. The Morgan fingerprint density at radius 3 is 2.58 bits per heavy atom. The summed E-state index contributed by atoms with van der Waals surface area (Å²) in [6.45, 7) is 2.22. The third-order valence-corrected chi connectivity index (χ3v) is 6.21. The van der Waals surface area contributed by atoms with Crippen LogP contribution in [0.5, 0.6) is 0 Å². The fourth-order valence-electron chi connectivity index (χ4n) is 4.85. The van der Waals surface area contributed by atoms with Gasteiger partial charge in [-0.3, -0.25) is 14.4 Å². The van der Waals surface area contributed by atoms with Gasteiger partial charge in [0.05, 0.1) is 24.5 Å². The molecule has 2 aromatic rings. The molecule has 158 valence electrons. The number of anilines is 2. The molecular weight excluding hydrogens is 394 g/mol. The average Bonchev–Trinajstić information content (AvgIpc) is 3.41. The first-order valence-electron chi connectivity index (χ1n) is 10.3. The van der Waals surface area contributed by atoms with Gasteiger partial charge < -0.3 is 20.3 Å². The first-order valence-corrected chi connectivity index (χ1v) is 10.3. The van der Waals surface area contributed by atoms with E-state index >= 15 is 0 Å². The van der Waals surface area contributed by atoms with Crippen molar-refractivity contribution in [2.24, 2.45) is 11.8 Å². The number of hydrogen-bond acceptors (Lipinski definition) is 4. The first kappa shape index (κ1) is 19.5. The highest BCUT2D eigenvalue weighted by Crippen LogP contribution is 2.52. The zero-order valence-electron chi connectivity index (χ0n) is 17.1. The molecule has 0 aliphatic carbocycles. The normalized spacial score (nSPS) is 28.0. The van der Waals surface area contributed by atoms with Gasteiger partial charge in [0.2, 0.25) is 17.7 Å². The fraction of sp³-hybridized carbons (Fsp3) is 0.292. The minimum Gasteiger partial charge on any atom is -0.360 e. The van der Waals surface area contributed by atoms with Crippen LogP contribution in [-0.4, -0.2) is 36.0 Å². The summed E-state index contributed by atoms with van der Waals surface area (Å²) in [5, 5.41) is 5.69. The number of fused-ring (bicyclic) bond motifs is 1. The molecule has 1 spiro atoms. The minimum absolute atomic E-state index is 0.112. The Hall–Kier alpha value is -3.45. The first-order chi connectivity index (χ1) is 15.0. The van der Waals surface area contributed by atoms with Crippen LogP contribution in [0, 0.1) is 11.8 Å². The summed E-state index contributed by atoms with van der Waals surface area (Å²) >= 11 is 0. The Morgan fingerprint density at radius 2 is 1.87 bits per heavy atom. The smallest absolute Gasteiger partial charge is 0.234 e. The molecule has 4 atom stereocenters. The zero-order valence-corrected chi connectivity index (χ0v) is 17.1. The van der Waals surface area contributed by atoms with E-state index in [0.717, 1.165) is 5.56 Å². The van der Waals surface area contributed by atoms with Crippen molar-refractivity contribution in [2.75, 3.05) is 16.8 Å². The van der Waals surface area contributed by atoms with Gasteiger partial charge in [-0.05, 0) is 29.8 Å². The van der Waals surface area contributed by atoms with Crippen molar-refractivity contribution in [3.8, 4) is 0 Å². The predicted molar refractivity (Wildman–Crippen MR) is 115 cm³/mol. The minimum atomic E-state index is -0.771. The van der Waals surface area contributed by atoms with Crippen LogP contribution in [0.4, 0.5) is 11.4 Å². The summed E-state index contributed by atoms with van der Waals surface area (Å²) in [4.78, 5) is 39.3. The van der Waals surface area contributed by atoms with E-state index in [9.17, 15) is 14.4 Å². The molecule has 3 aliphatic heterocycles. The maximum absolute atomic E-state index is 13.4. The topological polar surface area (TPSA) is 87.7 Å². The number of carbonyl (C=O) groups excluding carboxylic acids is 3. The van der Waals surface area contributed by atoms with E-state index in [1.54, 1.807) is 29.2 Å². The quantitative estimate of drug-likeness (QED) is 0.731. The molecule has 2 fully saturated rings. The summed E-state index contributed by atoms with van der Waals surface area (Å²) in [5.74, 6) is -1.53. The van der Waals surface area contributed by atoms with Crippen LogP contribution in [0.3, 0.4) is 0 Å². The van der Waals surface area contributed by atoms with Gasteiger partial charge >= 0.3 is 0 Å². The lowest BCUT2D eigenvalue weighted by molar-refractivity contribution is -0.132. The average molecular weight is 417 g/mol. The molecule has 2 N–H and O–H groups in total. The Kier molecular flexibility index (Phi) is 4.63. The van der Waals surface area contributed by atoms with E-state index in [1.165, 1.54) is 6.92 Å². The van der Waals surface area contributed by atoms with Gasteiger partial charge in [0, 0.05) is 24.8 Å². The van der Waals surface area contributed by atoms with Crippen LogP contribution < -0.4 is 15.5 Å². The monoisotopic (exact) mass is 417 g/mol. The van der Waals surface area contributed by atoms with E-state index in [-0.39, 0.29) is 23.8 Å². The highest BCUT2D eigenvalue weighted by molar-refractivity contribution is 6.03. The molecule has 0 radical (unpaired) electrons. The second kappa shape index (κ2) is 7.35. The van der Waals surface area contributed by atoms with Crippen LogP contribution in [0.15, 0.2) is 66.7 Å². The number of nitrogens with zero attached hydrogens (tertiary/aromatic N) is 1. The number of carbonyl (C=O) groups is 3. The van der Waals surface area contributed by atoms with Gasteiger partial charge in [-0.15, -0.1) is 0 Å². The van der Waals surface area contributed by atoms with Crippen molar-refractivity contribution in [3.05, 3.63) is 72.3 Å². The second-order valence-corrected chi connectivity index (χ2v) is 8.26. The molecule has 0 saturated carbocycles. The van der Waals surface area contributed by atoms with Crippen molar-refractivity contribution in [3.63, 3.8) is 0 Å². The third-order valence-electron chi connectivity index (χ3n) is 6.21. The maximum atomic E-state index is 13.4. The highest BCUT2D eigenvalue weighted by Gasteiger charge is 2.67. The van der Waals surface area contributed by atoms with Crippen molar-refractivity contribution in [1.82, 2.24) is 5.32 Å². The van der Waals surface area contributed by atoms with Crippen molar-refractivity contribution in [2.45, 2.75) is 25.2 Å². The molecule has 2 bridgehead atoms. The number of benzene rings is 2. The number of nitrogens with one attached hydrogen (secondary N) is 2. The van der Waals surface area contributed by atoms with Crippen LogP contribution in [0.2, 0.25) is 0 Å². The van der Waals surface area contributed by atoms with Crippen LogP contribution in [-0.2, 0) is 25.7 Å². The summed E-state index contributed by atoms with van der Waals surface area (Å²) in [5.41, 5.74) is 1.61. The Bertz CT molecular complexity index is 1070. The van der Waals surface area contributed by atoms with Crippen molar-refractivity contribution < 1.29 is 19.1 Å². The second-order valence-electron chi connectivity index (χ2n) is 8.26. The SMILES string of the molecule is CC(=O)Nc1ccc(N2C[C@@]34C=C[C@@H](O3)[C@H](C(=O)NCc3ccccc3)[C@@H]4C2=O)cc1. The van der Waals surface area contributed by atoms with Crippen molar-refractivity contribution >= 4 is 29.1 Å². The summed E-state index contributed by atoms with van der Waals surface area (Å²) in [6, 6.07) is 16.8. The zero-order chi connectivity index (χ0) is 21.6. The molecule has 3 heterocycles. The van der Waals surface area contributed by atoms with Gasteiger partial charge in [-0.2, -0.15) is 0 Å². The lowest BCUT2D eigenvalue weighted by Gasteiger charge is -2.23. The van der Waals surface area contributed by atoms with Crippen LogP contribution in [0.1, 0.15) is 12.5 Å². The predicted octanol–water partition coefficient (Wildman–Crippen LogP) is 2.25. The van der Waals surface area contributed by atoms with E-state index in [1.807, 2.05) is 42.5 Å². The molecule has 3 amide bonds. The molecule has 5 rings (SSSR count). The molecule has 31 heavy (non-hydrogen) atoms. The molecular formula is C24H23N3O4. The van der Waals surface area contributed by atoms with E-state index in [2.05, 4.69) is 10.6 Å². The molecule has 0 unspecified atom stereocenters. The van der Waals surface area contributed by atoms with Gasteiger partial charge in [-0.1, -0.05) is 42.5 Å². The number of ether oxygens (including phenoxy) is 1. The van der Waals surface area contributed by atoms with Crippen LogP contribution in [0.25, 0.3) is 0 Å². The van der Waals surface area contributed by atoms with E-state index in [4.69, 9.17) is 4.74 Å². The highest BCUT2D eigenvalue weighted by atomic mass is 16.5. The summed E-state index contributed by atoms with van der Waals surface area (Å²) in [6.07, 6.45) is 3.46. The molecule has 7 nitrogen and oxygen atoms in total. The van der Waals surface area contributed by atoms with Gasteiger partial charge in [-0.25, -0.2) is 0 Å². The van der Waals surface area contributed by atoms with Gasteiger partial charge in [0.15, 0.2) is 0 Å². The standard InChI is InChI=1S/C24H23N3O4/c1-15(28)26-17-7-9-18(10-8-17)27-14-24-12-11-19(31-24)20(21(24)23(27)30)22(29)25-13-16-5-3-2-4-6-16/h2-12,19-21H,13-14H2,1H3,(H,25,29)(H,26,28)/t19-,20+,21-,24-/m1/s1. The third kappa shape index (κ3) is 3.31. The lowest BCUT2D eigenvalue weighted by atomic mass is 9.77. The summed E-state index contributed by atoms with van der Waals surface area (Å²) < 4.78 is 6.18.